The number of aromatic nitrogens is 2. The van der Waals surface area contributed by atoms with Gasteiger partial charge >= 0.3 is 0 Å². The minimum atomic E-state index is 0.0835. The minimum absolute atomic E-state index is 0.0835. The molecule has 0 radical (unpaired) electrons. The summed E-state index contributed by atoms with van der Waals surface area (Å²) in [4.78, 5) is 21.3. The van der Waals surface area contributed by atoms with Gasteiger partial charge in [-0.15, -0.1) is 0 Å². The van der Waals surface area contributed by atoms with Crippen molar-refractivity contribution in [2.24, 2.45) is 0 Å². The number of amides is 1. The van der Waals surface area contributed by atoms with E-state index in [1.54, 1.807) is 0 Å². The van der Waals surface area contributed by atoms with Crippen molar-refractivity contribution in [2.45, 2.75) is 13.3 Å². The van der Waals surface area contributed by atoms with E-state index >= 15 is 0 Å². The van der Waals surface area contributed by atoms with Crippen molar-refractivity contribution in [1.29, 1.82) is 0 Å². The van der Waals surface area contributed by atoms with E-state index in [1.165, 1.54) is 0 Å². The Morgan fingerprint density at radius 3 is 2.50 bits per heavy atom. The molecule has 3 aromatic rings. The molecule has 0 N–H and O–H groups in total. The summed E-state index contributed by atoms with van der Waals surface area (Å²) in [7, 11) is 0. The summed E-state index contributed by atoms with van der Waals surface area (Å²) in [5, 5.41) is 4.02. The highest BCUT2D eigenvalue weighted by atomic mass is 79.9. The van der Waals surface area contributed by atoms with Crippen molar-refractivity contribution in [3.63, 3.8) is 0 Å². The molecule has 4 rings (SSSR count). The van der Waals surface area contributed by atoms with Gasteiger partial charge in [-0.3, -0.25) is 4.79 Å². The predicted octanol–water partition coefficient (Wildman–Crippen LogP) is 4.02. The molecule has 7 heteroatoms. The van der Waals surface area contributed by atoms with Crippen LogP contribution in [-0.4, -0.2) is 47.1 Å². The molecule has 0 aliphatic carbocycles. The number of nitrogens with zero attached hydrogens (tertiary/aromatic N) is 4. The average Bonchev–Trinajstić information content (AvgIpc) is 3.23. The van der Waals surface area contributed by atoms with Gasteiger partial charge in [0.2, 0.25) is 11.7 Å². The van der Waals surface area contributed by atoms with Crippen LogP contribution in [0.25, 0.3) is 11.4 Å². The average molecular weight is 441 g/mol. The van der Waals surface area contributed by atoms with E-state index in [4.69, 9.17) is 4.52 Å². The first-order valence-electron chi connectivity index (χ1n) is 9.37. The Labute approximate surface area is 172 Å². The first-order chi connectivity index (χ1) is 13.6. The van der Waals surface area contributed by atoms with E-state index in [2.05, 4.69) is 43.1 Å². The van der Waals surface area contributed by atoms with Gasteiger partial charge in [0.15, 0.2) is 0 Å². The van der Waals surface area contributed by atoms with Gasteiger partial charge in [0.1, 0.15) is 0 Å². The molecule has 1 amide bonds. The normalized spacial score (nSPS) is 14.4. The number of benzene rings is 2. The Morgan fingerprint density at radius 1 is 1.11 bits per heavy atom. The molecule has 1 saturated heterocycles. The van der Waals surface area contributed by atoms with E-state index in [-0.39, 0.29) is 5.91 Å². The maximum atomic E-state index is 12.7. The highest BCUT2D eigenvalue weighted by Crippen LogP contribution is 2.23. The third-order valence-electron chi connectivity index (χ3n) is 4.90. The maximum absolute atomic E-state index is 12.7. The lowest BCUT2D eigenvalue weighted by Crippen LogP contribution is -2.48. The van der Waals surface area contributed by atoms with E-state index in [0.29, 0.717) is 24.8 Å². The molecule has 2 heterocycles. The number of halogens is 1. The SMILES string of the molecule is CCc1nc(-c2ccc(N3CCN(C(=O)c4cccc(Br)c4)CC3)cc2)no1. The summed E-state index contributed by atoms with van der Waals surface area (Å²) in [6.45, 7) is 5.01. The van der Waals surface area contributed by atoms with E-state index in [0.717, 1.165) is 40.8 Å². The van der Waals surface area contributed by atoms with Gasteiger partial charge in [-0.05, 0) is 42.5 Å². The van der Waals surface area contributed by atoms with Crippen LogP contribution in [0.4, 0.5) is 5.69 Å². The molecule has 0 atom stereocenters. The third-order valence-corrected chi connectivity index (χ3v) is 5.39. The predicted molar refractivity (Wildman–Crippen MR) is 111 cm³/mol. The molecule has 1 aliphatic heterocycles. The zero-order valence-corrected chi connectivity index (χ0v) is 17.2. The van der Waals surface area contributed by atoms with Gasteiger partial charge in [0.05, 0.1) is 0 Å². The minimum Gasteiger partial charge on any atom is -0.368 e. The van der Waals surface area contributed by atoms with E-state index in [1.807, 2.05) is 48.2 Å². The number of anilines is 1. The van der Waals surface area contributed by atoms with Gasteiger partial charge in [-0.2, -0.15) is 4.98 Å². The number of carbonyl (C=O) groups excluding carboxylic acids is 1. The van der Waals surface area contributed by atoms with Crippen LogP contribution in [0, 0.1) is 0 Å². The van der Waals surface area contributed by atoms with Crippen LogP contribution in [0.2, 0.25) is 0 Å². The van der Waals surface area contributed by atoms with Crippen molar-refractivity contribution in [3.05, 3.63) is 64.5 Å². The van der Waals surface area contributed by atoms with Crippen LogP contribution >= 0.6 is 15.9 Å². The lowest BCUT2D eigenvalue weighted by Gasteiger charge is -2.36. The second kappa shape index (κ2) is 8.14. The molecule has 1 fully saturated rings. The molecule has 0 saturated carbocycles. The molecule has 1 aliphatic rings. The monoisotopic (exact) mass is 440 g/mol. The van der Waals surface area contributed by atoms with E-state index < -0.39 is 0 Å². The van der Waals surface area contributed by atoms with Crippen LogP contribution in [0.5, 0.6) is 0 Å². The first kappa shape index (κ1) is 18.7. The van der Waals surface area contributed by atoms with Crippen LogP contribution in [0.1, 0.15) is 23.2 Å². The fourth-order valence-electron chi connectivity index (χ4n) is 3.31. The highest BCUT2D eigenvalue weighted by molar-refractivity contribution is 9.10. The number of hydrogen-bond acceptors (Lipinski definition) is 5. The Morgan fingerprint density at radius 2 is 1.86 bits per heavy atom. The quantitative estimate of drug-likeness (QED) is 0.612. The summed E-state index contributed by atoms with van der Waals surface area (Å²) in [5.74, 6) is 1.35. The van der Waals surface area contributed by atoms with Gasteiger partial charge in [0.25, 0.3) is 5.91 Å². The second-order valence-electron chi connectivity index (χ2n) is 6.70. The van der Waals surface area contributed by atoms with Gasteiger partial charge in [0, 0.05) is 53.9 Å². The second-order valence-corrected chi connectivity index (χ2v) is 7.62. The zero-order valence-electron chi connectivity index (χ0n) is 15.6. The number of carbonyl (C=O) groups is 1. The Balaban J connectivity index is 1.39. The maximum Gasteiger partial charge on any atom is 0.254 e. The molecular formula is C21H21BrN4O2. The highest BCUT2D eigenvalue weighted by Gasteiger charge is 2.22. The van der Waals surface area contributed by atoms with Crippen LogP contribution in [-0.2, 0) is 6.42 Å². The zero-order chi connectivity index (χ0) is 19.5. The standard InChI is InChI=1S/C21H21BrN4O2/c1-2-19-23-20(24-28-19)15-6-8-18(9-7-15)25-10-12-26(13-11-25)21(27)16-4-3-5-17(22)14-16/h3-9,14H,2,10-13H2,1H3. The van der Waals surface area contributed by atoms with Crippen molar-refractivity contribution in [1.82, 2.24) is 15.0 Å². The summed E-state index contributed by atoms with van der Waals surface area (Å²) < 4.78 is 6.10. The molecule has 0 unspecified atom stereocenters. The fourth-order valence-corrected chi connectivity index (χ4v) is 3.71. The van der Waals surface area contributed by atoms with Gasteiger partial charge in [-0.1, -0.05) is 34.1 Å². The number of rotatable bonds is 4. The van der Waals surface area contributed by atoms with E-state index in [9.17, 15) is 4.79 Å². The molecule has 2 aromatic carbocycles. The summed E-state index contributed by atoms with van der Waals surface area (Å²) in [5.41, 5.74) is 2.80. The van der Waals surface area contributed by atoms with Crippen LogP contribution in [0.15, 0.2) is 57.5 Å². The first-order valence-corrected chi connectivity index (χ1v) is 10.2. The number of piperazine rings is 1. The van der Waals surface area contributed by atoms with Crippen molar-refractivity contribution < 1.29 is 9.32 Å². The molecule has 1 aromatic heterocycles. The van der Waals surface area contributed by atoms with Crippen LogP contribution in [0.3, 0.4) is 0 Å². The number of hydrogen-bond donors (Lipinski definition) is 0. The van der Waals surface area contributed by atoms with Crippen molar-refractivity contribution in [3.8, 4) is 11.4 Å². The fraction of sp³-hybridized carbons (Fsp3) is 0.286. The van der Waals surface area contributed by atoms with Gasteiger partial charge in [-0.25, -0.2) is 0 Å². The molecule has 0 bridgehead atoms. The van der Waals surface area contributed by atoms with Crippen molar-refractivity contribution in [2.75, 3.05) is 31.1 Å². The number of aryl methyl sites for hydroxylation is 1. The summed E-state index contributed by atoms with van der Waals surface area (Å²) in [6.07, 6.45) is 0.730. The Hall–Kier alpha value is -2.67. The summed E-state index contributed by atoms with van der Waals surface area (Å²) in [6, 6.07) is 15.7. The molecular weight excluding hydrogens is 420 g/mol. The molecule has 144 valence electrons. The smallest absolute Gasteiger partial charge is 0.254 e. The summed E-state index contributed by atoms with van der Waals surface area (Å²) >= 11 is 3.43. The van der Waals surface area contributed by atoms with Gasteiger partial charge < -0.3 is 14.3 Å². The lowest BCUT2D eigenvalue weighted by atomic mass is 10.1. The lowest BCUT2D eigenvalue weighted by molar-refractivity contribution is 0.0746. The Bertz CT molecular complexity index is 963. The van der Waals surface area contributed by atoms with Crippen LogP contribution < -0.4 is 4.90 Å². The molecule has 6 nitrogen and oxygen atoms in total. The topological polar surface area (TPSA) is 62.5 Å². The molecule has 0 spiro atoms. The largest absolute Gasteiger partial charge is 0.368 e. The third kappa shape index (κ3) is 3.94. The van der Waals surface area contributed by atoms with Crippen molar-refractivity contribution >= 4 is 27.5 Å². The molecule has 28 heavy (non-hydrogen) atoms. The Kier molecular flexibility index (Phi) is 5.43.